The van der Waals surface area contributed by atoms with Crippen molar-refractivity contribution in [1.29, 1.82) is 0 Å². The Morgan fingerprint density at radius 3 is 2.42 bits per heavy atom. The second-order valence-corrected chi connectivity index (χ2v) is 6.54. The van der Waals surface area contributed by atoms with Gasteiger partial charge in [-0.2, -0.15) is 0 Å². The van der Waals surface area contributed by atoms with Crippen molar-refractivity contribution in [1.82, 2.24) is 5.32 Å². The number of benzene rings is 1. The van der Waals surface area contributed by atoms with Gasteiger partial charge in [0.05, 0.1) is 0 Å². The summed E-state index contributed by atoms with van der Waals surface area (Å²) in [5.41, 5.74) is 2.86. The van der Waals surface area contributed by atoms with Crippen LogP contribution in [0.25, 0.3) is 0 Å². The molecule has 0 bridgehead atoms. The van der Waals surface area contributed by atoms with Crippen LogP contribution in [0.15, 0.2) is 24.3 Å². The van der Waals surface area contributed by atoms with Crippen LogP contribution in [0.1, 0.15) is 63.6 Å². The van der Waals surface area contributed by atoms with Gasteiger partial charge in [-0.05, 0) is 49.7 Å². The van der Waals surface area contributed by atoms with E-state index in [4.69, 9.17) is 0 Å². The molecule has 3 atom stereocenters. The van der Waals surface area contributed by atoms with E-state index in [-0.39, 0.29) is 0 Å². The van der Waals surface area contributed by atoms with Gasteiger partial charge in [-0.1, -0.05) is 51.0 Å². The summed E-state index contributed by atoms with van der Waals surface area (Å²) in [6, 6.07) is 9.92. The highest BCUT2D eigenvalue weighted by atomic mass is 15.0. The molecule has 1 aliphatic carbocycles. The quantitative estimate of drug-likeness (QED) is 0.814. The van der Waals surface area contributed by atoms with Crippen LogP contribution >= 0.6 is 0 Å². The van der Waals surface area contributed by atoms with E-state index in [1.165, 1.54) is 36.8 Å². The average molecular weight is 259 g/mol. The summed E-state index contributed by atoms with van der Waals surface area (Å²) in [5, 5.41) is 3.91. The fourth-order valence-corrected chi connectivity index (χ4v) is 3.65. The predicted octanol–water partition coefficient (Wildman–Crippen LogP) is 4.86. The Hall–Kier alpha value is -0.820. The van der Waals surface area contributed by atoms with Gasteiger partial charge in [0.1, 0.15) is 0 Å². The molecular formula is C18H29N. The molecule has 1 nitrogen and oxygen atoms in total. The highest BCUT2D eigenvalue weighted by molar-refractivity contribution is 5.28. The topological polar surface area (TPSA) is 12.0 Å². The summed E-state index contributed by atoms with van der Waals surface area (Å²) < 4.78 is 0. The van der Waals surface area contributed by atoms with Crippen LogP contribution in [0.4, 0.5) is 0 Å². The molecule has 0 heterocycles. The Morgan fingerprint density at radius 2 is 1.74 bits per heavy atom. The molecule has 2 rings (SSSR count). The molecular weight excluding hydrogens is 230 g/mol. The molecule has 0 aliphatic heterocycles. The Morgan fingerprint density at radius 1 is 1.05 bits per heavy atom. The van der Waals surface area contributed by atoms with E-state index < -0.39 is 0 Å². The maximum Gasteiger partial charge on any atom is 0.0297 e. The average Bonchev–Trinajstić information content (AvgIpc) is 2.39. The van der Waals surface area contributed by atoms with E-state index in [0.717, 1.165) is 11.8 Å². The molecule has 2 unspecified atom stereocenters. The zero-order chi connectivity index (χ0) is 13.8. The Balaban J connectivity index is 2.05. The lowest BCUT2D eigenvalue weighted by Gasteiger charge is -2.37. The lowest BCUT2D eigenvalue weighted by molar-refractivity contribution is 0.194. The van der Waals surface area contributed by atoms with E-state index in [1.807, 2.05) is 0 Å². The molecule has 0 aromatic heterocycles. The van der Waals surface area contributed by atoms with E-state index in [9.17, 15) is 0 Å². The van der Waals surface area contributed by atoms with Crippen molar-refractivity contribution in [3.05, 3.63) is 35.4 Å². The van der Waals surface area contributed by atoms with Crippen LogP contribution in [-0.2, 0) is 0 Å². The monoisotopic (exact) mass is 259 g/mol. The molecule has 0 amide bonds. The SMILES string of the molecule is Cc1ccccc1[C@@H](C)NC1CCCCC1C(C)C. The maximum atomic E-state index is 3.91. The molecule has 106 valence electrons. The maximum absolute atomic E-state index is 3.91. The van der Waals surface area contributed by atoms with E-state index in [0.29, 0.717) is 12.1 Å². The molecule has 1 N–H and O–H groups in total. The van der Waals surface area contributed by atoms with Crippen LogP contribution < -0.4 is 5.32 Å². The first kappa shape index (κ1) is 14.6. The van der Waals surface area contributed by atoms with Crippen LogP contribution in [-0.4, -0.2) is 6.04 Å². The van der Waals surface area contributed by atoms with Crippen molar-refractivity contribution in [2.24, 2.45) is 11.8 Å². The number of rotatable bonds is 4. The second kappa shape index (κ2) is 6.56. The first-order chi connectivity index (χ1) is 9.09. The fraction of sp³-hybridized carbons (Fsp3) is 0.667. The Bertz CT molecular complexity index is 396. The predicted molar refractivity (Wildman–Crippen MR) is 83.3 cm³/mol. The minimum Gasteiger partial charge on any atom is -0.307 e. The third kappa shape index (κ3) is 3.60. The van der Waals surface area contributed by atoms with Crippen molar-refractivity contribution in [3.8, 4) is 0 Å². The number of hydrogen-bond donors (Lipinski definition) is 1. The van der Waals surface area contributed by atoms with Gasteiger partial charge >= 0.3 is 0 Å². The normalized spacial score (nSPS) is 25.5. The van der Waals surface area contributed by atoms with Crippen molar-refractivity contribution >= 4 is 0 Å². The van der Waals surface area contributed by atoms with Crippen molar-refractivity contribution in [2.45, 2.75) is 65.5 Å². The summed E-state index contributed by atoms with van der Waals surface area (Å²) in [4.78, 5) is 0. The summed E-state index contributed by atoms with van der Waals surface area (Å²) in [7, 11) is 0. The fourth-order valence-electron chi connectivity index (χ4n) is 3.65. The van der Waals surface area contributed by atoms with E-state index in [2.05, 4.69) is 57.3 Å². The van der Waals surface area contributed by atoms with Gasteiger partial charge in [0.2, 0.25) is 0 Å². The zero-order valence-electron chi connectivity index (χ0n) is 12.9. The highest BCUT2D eigenvalue weighted by Crippen LogP contribution is 2.32. The largest absolute Gasteiger partial charge is 0.307 e. The third-order valence-electron chi connectivity index (χ3n) is 4.79. The standard InChI is InChI=1S/C18H29N/c1-13(2)16-10-7-8-12-18(16)19-15(4)17-11-6-5-9-14(17)3/h5-6,9,11,13,15-16,18-19H,7-8,10,12H2,1-4H3/t15-,16?,18?/m1/s1. The van der Waals surface area contributed by atoms with Crippen LogP contribution in [0.2, 0.25) is 0 Å². The molecule has 0 spiro atoms. The number of nitrogens with one attached hydrogen (secondary N) is 1. The van der Waals surface area contributed by atoms with Crippen LogP contribution in [0.3, 0.4) is 0 Å². The molecule has 0 radical (unpaired) electrons. The van der Waals surface area contributed by atoms with Gasteiger partial charge in [-0.15, -0.1) is 0 Å². The summed E-state index contributed by atoms with van der Waals surface area (Å²) >= 11 is 0. The van der Waals surface area contributed by atoms with Crippen molar-refractivity contribution in [2.75, 3.05) is 0 Å². The lowest BCUT2D eigenvalue weighted by atomic mass is 9.77. The number of hydrogen-bond acceptors (Lipinski definition) is 1. The van der Waals surface area contributed by atoms with E-state index in [1.54, 1.807) is 0 Å². The van der Waals surface area contributed by atoms with Gasteiger partial charge in [0.15, 0.2) is 0 Å². The smallest absolute Gasteiger partial charge is 0.0297 e. The Labute approximate surface area is 118 Å². The molecule has 1 heteroatoms. The summed E-state index contributed by atoms with van der Waals surface area (Å²) in [6.07, 6.45) is 5.55. The first-order valence-corrected chi connectivity index (χ1v) is 7.91. The highest BCUT2D eigenvalue weighted by Gasteiger charge is 2.28. The third-order valence-corrected chi connectivity index (χ3v) is 4.79. The van der Waals surface area contributed by atoms with Crippen molar-refractivity contribution < 1.29 is 0 Å². The minimum atomic E-state index is 0.463. The lowest BCUT2D eigenvalue weighted by Crippen LogP contribution is -2.42. The van der Waals surface area contributed by atoms with Crippen LogP contribution in [0.5, 0.6) is 0 Å². The molecule has 0 saturated heterocycles. The van der Waals surface area contributed by atoms with E-state index >= 15 is 0 Å². The van der Waals surface area contributed by atoms with Gasteiger partial charge in [0.25, 0.3) is 0 Å². The number of aryl methyl sites for hydroxylation is 1. The summed E-state index contributed by atoms with van der Waals surface area (Å²) in [6.45, 7) is 9.29. The second-order valence-electron chi connectivity index (χ2n) is 6.54. The molecule has 1 fully saturated rings. The van der Waals surface area contributed by atoms with Gasteiger partial charge in [-0.3, -0.25) is 0 Å². The van der Waals surface area contributed by atoms with Gasteiger partial charge < -0.3 is 5.32 Å². The zero-order valence-corrected chi connectivity index (χ0v) is 12.9. The van der Waals surface area contributed by atoms with Crippen LogP contribution in [0, 0.1) is 18.8 Å². The molecule has 1 aromatic rings. The molecule has 1 aromatic carbocycles. The van der Waals surface area contributed by atoms with Crippen molar-refractivity contribution in [3.63, 3.8) is 0 Å². The summed E-state index contributed by atoms with van der Waals surface area (Å²) in [5.74, 6) is 1.64. The van der Waals surface area contributed by atoms with Gasteiger partial charge in [0, 0.05) is 12.1 Å². The minimum absolute atomic E-state index is 0.463. The Kier molecular flexibility index (Phi) is 5.04. The van der Waals surface area contributed by atoms with Gasteiger partial charge in [-0.25, -0.2) is 0 Å². The molecule has 1 saturated carbocycles. The first-order valence-electron chi connectivity index (χ1n) is 7.91. The molecule has 1 aliphatic rings. The molecule has 19 heavy (non-hydrogen) atoms.